The zero-order valence-corrected chi connectivity index (χ0v) is 16.0. The lowest BCUT2D eigenvalue weighted by Crippen LogP contribution is -2.13. The summed E-state index contributed by atoms with van der Waals surface area (Å²) in [6.07, 6.45) is 0.781. The Hall–Kier alpha value is -2.73. The number of hydrogen-bond donors (Lipinski definition) is 0. The maximum Gasteiger partial charge on any atom is 0.317 e. The molecule has 0 aromatic heterocycles. The maximum absolute atomic E-state index is 13.6. The average molecular weight is 404 g/mol. The van der Waals surface area contributed by atoms with Crippen LogP contribution in [0.2, 0.25) is 0 Å². The van der Waals surface area contributed by atoms with Crippen LogP contribution in [0.1, 0.15) is 19.8 Å². The number of halogens is 3. The van der Waals surface area contributed by atoms with Crippen LogP contribution in [0.15, 0.2) is 87.5 Å². The summed E-state index contributed by atoms with van der Waals surface area (Å²) >= 11 is 0. The van der Waals surface area contributed by atoms with E-state index >= 15 is 0 Å². The van der Waals surface area contributed by atoms with E-state index in [1.807, 2.05) is 6.92 Å². The molecule has 146 valence electrons. The third-order valence-corrected chi connectivity index (χ3v) is 7.35. The Kier molecular flexibility index (Phi) is 6.09. The van der Waals surface area contributed by atoms with Gasteiger partial charge in [0.15, 0.2) is 0 Å². The summed E-state index contributed by atoms with van der Waals surface area (Å²) < 4.78 is 46.7. The Bertz CT molecular complexity index is 828. The van der Waals surface area contributed by atoms with Crippen molar-refractivity contribution in [3.8, 4) is 0 Å². The highest BCUT2D eigenvalue weighted by atomic mass is 32.3. The van der Waals surface area contributed by atoms with Crippen LogP contribution >= 0.6 is 10.3 Å². The lowest BCUT2D eigenvalue weighted by Gasteiger charge is -2.39. The third-order valence-electron chi connectivity index (χ3n) is 4.11. The molecule has 0 aliphatic rings. The lowest BCUT2D eigenvalue weighted by molar-refractivity contribution is -0.133. The molecule has 2 nitrogen and oxygen atoms in total. The first-order chi connectivity index (χ1) is 13.5. The van der Waals surface area contributed by atoms with Gasteiger partial charge in [-0.2, -0.15) is 0 Å². The van der Waals surface area contributed by atoms with Crippen molar-refractivity contribution in [1.82, 2.24) is 0 Å². The molecule has 3 aromatic rings. The molecule has 0 atom stereocenters. The highest BCUT2D eigenvalue weighted by Gasteiger charge is 2.35. The van der Waals surface area contributed by atoms with Crippen LogP contribution in [0.4, 0.5) is 13.2 Å². The zero-order chi connectivity index (χ0) is 20.1. The first-order valence-corrected chi connectivity index (χ1v) is 10.3. The third kappa shape index (κ3) is 4.07. The van der Waals surface area contributed by atoms with Crippen molar-refractivity contribution < 1.29 is 22.1 Å². The normalized spacial score (nSPS) is 11.9. The van der Waals surface area contributed by atoms with Gasteiger partial charge < -0.3 is 4.18 Å². The molecule has 6 heteroatoms. The summed E-state index contributed by atoms with van der Waals surface area (Å²) in [5.74, 6) is -1.74. The number of carbonyl (C=O) groups excluding carboxylic acids is 1. The van der Waals surface area contributed by atoms with Crippen LogP contribution in [0.5, 0.6) is 0 Å². The standard InChI is InChI=1S/C22H19F3O2S/c1-2-3-22(26)27-28(19-10-4-16(23)5-11-19,20-12-6-17(24)7-13-20)21-14-8-18(25)9-15-21/h4-15H,2-3H2,1H3. The Labute approximate surface area is 163 Å². The van der Waals surface area contributed by atoms with Crippen molar-refractivity contribution in [3.05, 3.63) is 90.2 Å². The first-order valence-electron chi connectivity index (χ1n) is 8.78. The molecule has 0 amide bonds. The summed E-state index contributed by atoms with van der Waals surface area (Å²) in [5.41, 5.74) is 0. The monoisotopic (exact) mass is 404 g/mol. The highest BCUT2D eigenvalue weighted by molar-refractivity contribution is 8.30. The van der Waals surface area contributed by atoms with Gasteiger partial charge in [0.1, 0.15) is 17.5 Å². The Morgan fingerprint density at radius 2 is 1.04 bits per heavy atom. The van der Waals surface area contributed by atoms with Gasteiger partial charge in [-0.3, -0.25) is 4.79 Å². The molecular weight excluding hydrogens is 385 g/mol. The van der Waals surface area contributed by atoms with E-state index in [0.29, 0.717) is 21.1 Å². The second-order valence-electron chi connectivity index (χ2n) is 6.12. The smallest absolute Gasteiger partial charge is 0.317 e. The Morgan fingerprint density at radius 3 is 1.32 bits per heavy atom. The topological polar surface area (TPSA) is 26.3 Å². The van der Waals surface area contributed by atoms with Crippen molar-refractivity contribution in [2.75, 3.05) is 0 Å². The number of rotatable bonds is 6. The summed E-state index contributed by atoms with van der Waals surface area (Å²) in [6.45, 7) is 1.85. The van der Waals surface area contributed by atoms with Crippen LogP contribution in [0.3, 0.4) is 0 Å². The van der Waals surface area contributed by atoms with Crippen LogP contribution in [-0.2, 0) is 8.98 Å². The first kappa shape index (κ1) is 20.0. The van der Waals surface area contributed by atoms with Gasteiger partial charge in [0.2, 0.25) is 0 Å². The van der Waals surface area contributed by atoms with Crippen LogP contribution in [0, 0.1) is 17.5 Å². The highest BCUT2D eigenvalue weighted by Crippen LogP contribution is 2.69. The van der Waals surface area contributed by atoms with Gasteiger partial charge in [0.05, 0.1) is 0 Å². The summed E-state index contributed by atoms with van der Waals surface area (Å²) in [6, 6.07) is 16.9. The molecule has 0 N–H and O–H groups in total. The van der Waals surface area contributed by atoms with Gasteiger partial charge >= 0.3 is 5.97 Å². The molecule has 0 radical (unpaired) electrons. The molecule has 0 saturated carbocycles. The SMILES string of the molecule is CCCC(=O)OS(c1ccc(F)cc1)(c1ccc(F)cc1)c1ccc(F)cc1. The van der Waals surface area contributed by atoms with Crippen molar-refractivity contribution in [1.29, 1.82) is 0 Å². The minimum Gasteiger partial charge on any atom is -0.402 e. The van der Waals surface area contributed by atoms with E-state index in [-0.39, 0.29) is 6.42 Å². The molecule has 3 rings (SSSR count). The van der Waals surface area contributed by atoms with Crippen molar-refractivity contribution >= 4 is 16.3 Å². The van der Waals surface area contributed by atoms with Gasteiger partial charge in [-0.25, -0.2) is 13.2 Å². The van der Waals surface area contributed by atoms with Crippen molar-refractivity contribution in [2.45, 2.75) is 34.5 Å². The van der Waals surface area contributed by atoms with Crippen LogP contribution < -0.4 is 0 Å². The number of hydrogen-bond acceptors (Lipinski definition) is 2. The second-order valence-corrected chi connectivity index (χ2v) is 8.82. The molecule has 0 bridgehead atoms. The van der Waals surface area contributed by atoms with E-state index < -0.39 is 33.7 Å². The zero-order valence-electron chi connectivity index (χ0n) is 15.2. The van der Waals surface area contributed by atoms with Crippen LogP contribution in [-0.4, -0.2) is 5.97 Å². The molecule has 0 heterocycles. The fraction of sp³-hybridized carbons (Fsp3) is 0.136. The fourth-order valence-electron chi connectivity index (χ4n) is 2.82. The molecule has 0 fully saturated rings. The van der Waals surface area contributed by atoms with Gasteiger partial charge in [0.25, 0.3) is 0 Å². The van der Waals surface area contributed by atoms with E-state index in [2.05, 4.69) is 0 Å². The largest absolute Gasteiger partial charge is 0.402 e. The fourth-order valence-corrected chi connectivity index (χ4v) is 5.84. The van der Waals surface area contributed by atoms with E-state index in [1.165, 1.54) is 72.8 Å². The van der Waals surface area contributed by atoms with Crippen molar-refractivity contribution in [2.24, 2.45) is 0 Å². The molecule has 0 unspecified atom stereocenters. The maximum atomic E-state index is 13.6. The second kappa shape index (κ2) is 8.52. The number of carbonyl (C=O) groups is 1. The van der Waals surface area contributed by atoms with Gasteiger partial charge in [-0.05, 0) is 89.5 Å². The summed E-state index contributed by atoms with van der Waals surface area (Å²) in [7, 11) is -2.65. The predicted molar refractivity (Wildman–Crippen MR) is 103 cm³/mol. The average Bonchev–Trinajstić information content (AvgIpc) is 2.68. The molecular formula is C22H19F3O2S. The van der Waals surface area contributed by atoms with Gasteiger partial charge in [-0.15, -0.1) is 0 Å². The molecule has 3 aromatic carbocycles. The molecule has 0 aliphatic carbocycles. The quantitative estimate of drug-likeness (QED) is 0.460. The van der Waals surface area contributed by atoms with Gasteiger partial charge in [-0.1, -0.05) is 6.92 Å². The van der Waals surface area contributed by atoms with E-state index in [1.54, 1.807) is 0 Å². The van der Waals surface area contributed by atoms with E-state index in [4.69, 9.17) is 4.18 Å². The van der Waals surface area contributed by atoms with Crippen LogP contribution in [0.25, 0.3) is 0 Å². The summed E-state index contributed by atoms with van der Waals surface area (Å²) in [5, 5.41) is 0. The van der Waals surface area contributed by atoms with E-state index in [0.717, 1.165) is 0 Å². The summed E-state index contributed by atoms with van der Waals surface area (Å²) in [4.78, 5) is 14.2. The molecule has 0 spiro atoms. The van der Waals surface area contributed by atoms with E-state index in [9.17, 15) is 18.0 Å². The van der Waals surface area contributed by atoms with Crippen molar-refractivity contribution in [3.63, 3.8) is 0 Å². The lowest BCUT2D eigenvalue weighted by atomic mass is 10.3. The molecule has 28 heavy (non-hydrogen) atoms. The molecule has 0 saturated heterocycles. The predicted octanol–water partition coefficient (Wildman–Crippen LogP) is 6.64. The number of benzene rings is 3. The Morgan fingerprint density at radius 1 is 0.714 bits per heavy atom. The minimum absolute atomic E-state index is 0.193. The van der Waals surface area contributed by atoms with Gasteiger partial charge in [0, 0.05) is 21.1 Å². The molecule has 0 aliphatic heterocycles. The Balaban J connectivity index is 2.29. The minimum atomic E-state index is -2.65.